The molecule has 16 rings (SSSR count). The molecule has 19 nitrogen and oxygen atoms in total. The molecule has 4 aromatic heterocycles. The highest BCUT2D eigenvalue weighted by atomic mass is 16.5. The van der Waals surface area contributed by atoms with Gasteiger partial charge in [-0.05, 0) is 92.1 Å². The summed E-state index contributed by atoms with van der Waals surface area (Å²) in [6.07, 6.45) is 1.88. The minimum Gasteiger partial charge on any atom is -0.497 e. The van der Waals surface area contributed by atoms with Crippen molar-refractivity contribution in [3.05, 3.63) is 95.1 Å². The number of methoxy groups -OCH3 is 4. The number of amides is 5. The molecule has 2 saturated carbocycles. The second kappa shape index (κ2) is 13.9. The van der Waals surface area contributed by atoms with E-state index in [2.05, 4.69) is 28.9 Å². The summed E-state index contributed by atoms with van der Waals surface area (Å²) < 4.78 is 30.6. The highest BCUT2D eigenvalue weighted by Crippen LogP contribution is 2.58. The SMILES string of the molecule is COc1ccc2c(c1)c1c3c(c4c5cc(OC)ccc5n5c4c1n2C1C[C@H]5C[C@@]1(N)C(N)=O)C(=O)NC3=O.COc1ccc2c(c1)c1c3c(c4c5cc(OC)ccc5n5c4c1n2C1C[C@H]5C[C@@]1(N)O)C(=O)NC3=O. The van der Waals surface area contributed by atoms with Crippen molar-refractivity contribution in [2.75, 3.05) is 28.4 Å². The Kier molecular flexibility index (Phi) is 8.07. The fourth-order valence-electron chi connectivity index (χ4n) is 14.4. The lowest BCUT2D eigenvalue weighted by molar-refractivity contribution is -0.124. The summed E-state index contributed by atoms with van der Waals surface area (Å²) in [5, 5.41) is 22.4. The van der Waals surface area contributed by atoms with E-state index in [1.807, 2.05) is 72.8 Å². The molecule has 0 saturated heterocycles. The van der Waals surface area contributed by atoms with Crippen LogP contribution in [0.3, 0.4) is 0 Å². The number of nitrogens with two attached hydrogens (primary N) is 3. The number of hydrogen-bond acceptors (Lipinski definition) is 12. The molecule has 4 bridgehead atoms. The zero-order valence-corrected chi connectivity index (χ0v) is 40.2. The summed E-state index contributed by atoms with van der Waals surface area (Å²) in [7, 11) is 6.36. The molecule has 10 aromatic rings. The Morgan fingerprint density at radius 3 is 1.18 bits per heavy atom. The number of aliphatic hydroxyl groups is 1. The van der Waals surface area contributed by atoms with Crippen LogP contribution in [0, 0.1) is 0 Å². The standard InChI is InChI=1S/C28H23N5O5.C27H22N4O5/c1-37-12-3-5-16-14(8-12)19-21-22(26(35)31-25(21)34)20-15-9-13(38-2)4-6-17(15)33-18-7-11(10-28(18,30)27(29)36)32(16)23(19)24(20)33;1-35-12-3-5-16-14(8-12)19-21-22(26(33)29-25(21)32)20-15-9-13(36-2)4-6-17(15)31-18-7-11(10-27(18,28)34)30(16)23(19)24(20)31/h3-6,8-9,11,18H,7,10,30H2,1-2H3,(H2,29,36)(H,31,34,35);3-6,8-9,11,18,34H,7,10,28H2,1-2H3,(H,29,32,33)/t11-,18?,28-;11-,18?,27+/m00/s1. The highest BCUT2D eigenvalue weighted by molar-refractivity contribution is 6.41. The molecule has 5 amide bonds. The molecule has 6 aliphatic rings. The number of fused-ring (bicyclic) bond motifs is 26. The van der Waals surface area contributed by atoms with Gasteiger partial charge in [-0.25, -0.2) is 0 Å². The molecule has 370 valence electrons. The van der Waals surface area contributed by atoms with E-state index in [0.29, 0.717) is 87.1 Å². The van der Waals surface area contributed by atoms with Crippen LogP contribution >= 0.6 is 0 Å². The maximum absolute atomic E-state index is 13.4. The van der Waals surface area contributed by atoms with Crippen molar-refractivity contribution < 1.29 is 48.0 Å². The first-order valence-corrected chi connectivity index (χ1v) is 24.3. The van der Waals surface area contributed by atoms with Crippen LogP contribution in [-0.2, 0) is 4.79 Å². The Labute approximate surface area is 417 Å². The van der Waals surface area contributed by atoms with Gasteiger partial charge in [0.15, 0.2) is 0 Å². The maximum Gasteiger partial charge on any atom is 0.259 e. The number of nitrogens with zero attached hydrogens (tertiary/aromatic N) is 4. The second-order valence-corrected chi connectivity index (χ2v) is 20.6. The normalized spacial score (nSPS) is 23.9. The van der Waals surface area contributed by atoms with Crippen molar-refractivity contribution in [2.24, 2.45) is 17.2 Å². The van der Waals surface area contributed by atoms with Gasteiger partial charge in [0, 0.05) is 83.7 Å². The summed E-state index contributed by atoms with van der Waals surface area (Å²) in [5.41, 5.74) is 24.7. The van der Waals surface area contributed by atoms with Crippen LogP contribution in [0.2, 0.25) is 0 Å². The monoisotopic (exact) mass is 991 g/mol. The zero-order valence-electron chi connectivity index (χ0n) is 40.2. The fourth-order valence-corrected chi connectivity index (χ4v) is 14.4. The van der Waals surface area contributed by atoms with Crippen molar-refractivity contribution in [1.82, 2.24) is 28.9 Å². The average molecular weight is 992 g/mol. The number of aromatic nitrogens is 4. The van der Waals surface area contributed by atoms with Crippen molar-refractivity contribution >= 4 is 117 Å². The molecule has 19 heteroatoms. The molecule has 0 spiro atoms. The first kappa shape index (κ1) is 43.0. The smallest absolute Gasteiger partial charge is 0.259 e. The van der Waals surface area contributed by atoms with Crippen LogP contribution < -0.4 is 46.8 Å². The van der Waals surface area contributed by atoms with Gasteiger partial charge in [0.05, 0.1) is 84.8 Å². The van der Waals surface area contributed by atoms with E-state index in [1.54, 1.807) is 28.4 Å². The van der Waals surface area contributed by atoms with Crippen LogP contribution in [0.15, 0.2) is 72.8 Å². The second-order valence-electron chi connectivity index (χ2n) is 20.6. The molecule has 2 fully saturated rings. The molecule has 74 heavy (non-hydrogen) atoms. The predicted molar refractivity (Wildman–Crippen MR) is 275 cm³/mol. The molecule has 2 aliphatic carbocycles. The number of nitrogens with one attached hydrogen (secondary N) is 2. The summed E-state index contributed by atoms with van der Waals surface area (Å²) in [6, 6.07) is 21.7. The lowest BCUT2D eigenvalue weighted by Gasteiger charge is -2.31. The van der Waals surface area contributed by atoms with E-state index in [4.69, 9.17) is 36.1 Å². The van der Waals surface area contributed by atoms with Crippen LogP contribution in [-0.4, -0.2) is 92.6 Å². The van der Waals surface area contributed by atoms with Crippen molar-refractivity contribution in [3.8, 4) is 23.0 Å². The number of carbonyl (C=O) groups is 5. The summed E-state index contributed by atoms with van der Waals surface area (Å²) in [6.45, 7) is 0. The van der Waals surface area contributed by atoms with Gasteiger partial charge in [-0.1, -0.05) is 0 Å². The molecule has 9 N–H and O–H groups in total. The Hall–Kier alpha value is -8.65. The third-order valence-corrected chi connectivity index (χ3v) is 17.3. The van der Waals surface area contributed by atoms with Gasteiger partial charge in [0.2, 0.25) is 5.91 Å². The van der Waals surface area contributed by atoms with E-state index >= 15 is 0 Å². The van der Waals surface area contributed by atoms with Crippen LogP contribution in [0.5, 0.6) is 23.0 Å². The average Bonchev–Trinajstić information content (AvgIpc) is 4.33. The summed E-state index contributed by atoms with van der Waals surface area (Å²) in [4.78, 5) is 66.3. The molecule has 6 atom stereocenters. The Morgan fingerprint density at radius 1 is 0.514 bits per heavy atom. The first-order chi connectivity index (χ1) is 35.6. The van der Waals surface area contributed by atoms with Gasteiger partial charge in [-0.3, -0.25) is 34.6 Å². The van der Waals surface area contributed by atoms with Gasteiger partial charge >= 0.3 is 0 Å². The Balaban J connectivity index is 0.000000131. The lowest BCUT2D eigenvalue weighted by Crippen LogP contribution is -2.55. The van der Waals surface area contributed by atoms with Crippen molar-refractivity contribution in [1.29, 1.82) is 0 Å². The molecular formula is C55H45N9O10. The number of hydrogen-bond donors (Lipinski definition) is 6. The molecule has 6 aromatic carbocycles. The molecule has 2 unspecified atom stereocenters. The maximum atomic E-state index is 13.4. The van der Waals surface area contributed by atoms with Crippen LogP contribution in [0.1, 0.15) is 91.3 Å². The third-order valence-electron chi connectivity index (χ3n) is 17.3. The fraction of sp³-hybridized carbons (Fsp3) is 0.255. The van der Waals surface area contributed by atoms with Crippen molar-refractivity contribution in [2.45, 2.75) is 61.1 Å². The van der Waals surface area contributed by atoms with Gasteiger partial charge in [0.25, 0.3) is 23.6 Å². The quantitative estimate of drug-likeness (QED) is 0.0830. The predicted octanol–water partition coefficient (Wildman–Crippen LogP) is 6.22. The highest BCUT2D eigenvalue weighted by Gasteiger charge is 2.55. The van der Waals surface area contributed by atoms with E-state index in [9.17, 15) is 29.1 Å². The minimum absolute atomic E-state index is 0.0898. The molecule has 4 aliphatic heterocycles. The largest absolute Gasteiger partial charge is 0.497 e. The minimum atomic E-state index is -1.45. The van der Waals surface area contributed by atoms with Gasteiger partial charge in [0.1, 0.15) is 34.3 Å². The number of benzene rings is 6. The van der Waals surface area contributed by atoms with E-state index < -0.39 is 52.9 Å². The number of rotatable bonds is 5. The van der Waals surface area contributed by atoms with E-state index in [0.717, 1.165) is 71.1 Å². The van der Waals surface area contributed by atoms with E-state index in [-0.39, 0.29) is 12.1 Å². The summed E-state index contributed by atoms with van der Waals surface area (Å²) in [5.74, 6) is 0.227. The molecular weight excluding hydrogens is 947 g/mol. The van der Waals surface area contributed by atoms with Gasteiger partial charge in [-0.15, -0.1) is 0 Å². The van der Waals surface area contributed by atoms with E-state index in [1.165, 1.54) is 0 Å². The van der Waals surface area contributed by atoms with Crippen LogP contribution in [0.25, 0.3) is 87.2 Å². The Morgan fingerprint density at radius 2 is 0.824 bits per heavy atom. The summed E-state index contributed by atoms with van der Waals surface area (Å²) >= 11 is 0. The van der Waals surface area contributed by atoms with Gasteiger partial charge < -0.3 is 59.5 Å². The zero-order chi connectivity index (χ0) is 50.9. The molecule has 0 radical (unpaired) electrons. The van der Waals surface area contributed by atoms with Crippen molar-refractivity contribution in [3.63, 3.8) is 0 Å². The Bertz CT molecular complexity index is 4420. The molecule has 8 heterocycles. The number of carbonyl (C=O) groups excluding carboxylic acids is 5. The van der Waals surface area contributed by atoms with Crippen LogP contribution in [0.4, 0.5) is 0 Å². The topological polar surface area (TPSA) is 264 Å². The number of ether oxygens (including phenoxy) is 4. The third kappa shape index (κ3) is 4.94. The first-order valence-electron chi connectivity index (χ1n) is 24.3. The number of primary amides is 1. The number of imide groups is 2. The van der Waals surface area contributed by atoms with Gasteiger partial charge in [-0.2, -0.15) is 0 Å². The lowest BCUT2D eigenvalue weighted by atomic mass is 9.92.